The van der Waals surface area contributed by atoms with Gasteiger partial charge in [-0.1, -0.05) is 12.8 Å². The zero-order valence-corrected chi connectivity index (χ0v) is 10.8. The summed E-state index contributed by atoms with van der Waals surface area (Å²) in [5.41, 5.74) is 5.93. The van der Waals surface area contributed by atoms with Crippen LogP contribution >= 0.6 is 0 Å². The Morgan fingerprint density at radius 3 is 2.35 bits per heavy atom. The number of fused-ring (bicyclic) bond motifs is 5. The van der Waals surface area contributed by atoms with Crippen molar-refractivity contribution in [2.45, 2.75) is 57.0 Å². The smallest absolute Gasteiger partial charge is 0.0138 e. The van der Waals surface area contributed by atoms with Crippen LogP contribution in [0.15, 0.2) is 0 Å². The molecule has 0 heterocycles. The summed E-state index contributed by atoms with van der Waals surface area (Å²) >= 11 is 0. The summed E-state index contributed by atoms with van der Waals surface area (Å²) in [6, 6.07) is 1.65. The van der Waals surface area contributed by atoms with Crippen LogP contribution in [-0.2, 0) is 0 Å². The summed E-state index contributed by atoms with van der Waals surface area (Å²) in [7, 11) is 0. The first-order valence-electron chi connectivity index (χ1n) is 7.84. The van der Waals surface area contributed by atoms with Gasteiger partial charge < -0.3 is 11.1 Å². The SMILES string of the molecule is NCC1CCCCC1NC1C2C3CCC(C3)C12. The highest BCUT2D eigenvalue weighted by Gasteiger charge is 2.65. The Hall–Kier alpha value is -0.0800. The van der Waals surface area contributed by atoms with Crippen LogP contribution in [-0.4, -0.2) is 18.6 Å². The van der Waals surface area contributed by atoms with Gasteiger partial charge in [-0.2, -0.15) is 0 Å². The van der Waals surface area contributed by atoms with Gasteiger partial charge >= 0.3 is 0 Å². The van der Waals surface area contributed by atoms with E-state index in [1.807, 2.05) is 0 Å². The van der Waals surface area contributed by atoms with E-state index in [1.54, 1.807) is 6.42 Å². The molecule has 4 rings (SSSR count). The van der Waals surface area contributed by atoms with Crippen LogP contribution in [0.3, 0.4) is 0 Å². The van der Waals surface area contributed by atoms with Gasteiger partial charge in [-0.25, -0.2) is 0 Å². The highest BCUT2D eigenvalue weighted by molar-refractivity contribution is 5.17. The Bertz CT molecular complexity index is 287. The highest BCUT2D eigenvalue weighted by atomic mass is 15.1. The molecule has 4 fully saturated rings. The Kier molecular flexibility index (Phi) is 2.52. The van der Waals surface area contributed by atoms with E-state index in [9.17, 15) is 0 Å². The van der Waals surface area contributed by atoms with Crippen molar-refractivity contribution < 1.29 is 0 Å². The van der Waals surface area contributed by atoms with Gasteiger partial charge in [0, 0.05) is 12.1 Å². The maximum atomic E-state index is 5.93. The van der Waals surface area contributed by atoms with Crippen molar-refractivity contribution >= 4 is 0 Å². The minimum Gasteiger partial charge on any atom is -0.330 e. The van der Waals surface area contributed by atoms with Gasteiger partial charge in [0.2, 0.25) is 0 Å². The topological polar surface area (TPSA) is 38.0 Å². The molecule has 17 heavy (non-hydrogen) atoms. The highest BCUT2D eigenvalue weighted by Crippen LogP contribution is 2.65. The van der Waals surface area contributed by atoms with Gasteiger partial charge in [-0.15, -0.1) is 0 Å². The third-order valence-corrected chi connectivity index (χ3v) is 6.35. The summed E-state index contributed by atoms with van der Waals surface area (Å²) in [4.78, 5) is 0. The fraction of sp³-hybridized carbons (Fsp3) is 1.00. The quantitative estimate of drug-likeness (QED) is 0.785. The van der Waals surface area contributed by atoms with Crippen molar-refractivity contribution in [1.29, 1.82) is 0 Å². The van der Waals surface area contributed by atoms with Crippen LogP contribution in [0.25, 0.3) is 0 Å². The lowest BCUT2D eigenvalue weighted by Crippen LogP contribution is -2.44. The van der Waals surface area contributed by atoms with Crippen LogP contribution in [0.2, 0.25) is 0 Å². The van der Waals surface area contributed by atoms with Crippen molar-refractivity contribution in [2.24, 2.45) is 35.3 Å². The van der Waals surface area contributed by atoms with E-state index in [4.69, 9.17) is 5.73 Å². The predicted molar refractivity (Wildman–Crippen MR) is 69.5 cm³/mol. The summed E-state index contributed by atoms with van der Waals surface area (Å²) in [5.74, 6) is 5.12. The van der Waals surface area contributed by atoms with Gasteiger partial charge in [0.05, 0.1) is 0 Å². The molecule has 6 unspecified atom stereocenters. The van der Waals surface area contributed by atoms with Crippen molar-refractivity contribution in [1.82, 2.24) is 5.32 Å². The molecule has 2 nitrogen and oxygen atoms in total. The normalized spacial score (nSPS) is 55.9. The lowest BCUT2D eigenvalue weighted by atomic mass is 9.84. The van der Waals surface area contributed by atoms with Gasteiger partial charge in [-0.3, -0.25) is 0 Å². The minimum atomic E-state index is 0.753. The number of nitrogens with one attached hydrogen (secondary N) is 1. The number of hydrogen-bond donors (Lipinski definition) is 2. The summed E-state index contributed by atoms with van der Waals surface area (Å²) in [5, 5.41) is 4.02. The van der Waals surface area contributed by atoms with E-state index in [0.717, 1.165) is 48.2 Å². The molecule has 0 aromatic heterocycles. The van der Waals surface area contributed by atoms with E-state index >= 15 is 0 Å². The minimum absolute atomic E-state index is 0.753. The van der Waals surface area contributed by atoms with Crippen LogP contribution in [0.4, 0.5) is 0 Å². The second-order valence-electron chi connectivity index (χ2n) is 7.07. The lowest BCUT2D eigenvalue weighted by molar-refractivity contribution is 0.253. The van der Waals surface area contributed by atoms with Gasteiger partial charge in [0.15, 0.2) is 0 Å². The molecule has 3 N–H and O–H groups in total. The molecule has 4 aliphatic carbocycles. The summed E-state index contributed by atoms with van der Waals surface area (Å²) in [6.45, 7) is 0.895. The predicted octanol–water partition coefficient (Wildman–Crippen LogP) is 2.14. The molecule has 0 amide bonds. The van der Waals surface area contributed by atoms with Crippen LogP contribution in [0.1, 0.15) is 44.9 Å². The Balaban J connectivity index is 1.39. The molecule has 0 spiro atoms. The number of hydrogen-bond acceptors (Lipinski definition) is 2. The molecule has 4 saturated carbocycles. The Morgan fingerprint density at radius 2 is 1.65 bits per heavy atom. The second kappa shape index (κ2) is 3.96. The molecule has 0 aromatic rings. The average Bonchev–Trinajstić information content (AvgIpc) is 2.77. The van der Waals surface area contributed by atoms with E-state index in [-0.39, 0.29) is 0 Å². The molecular weight excluding hydrogens is 208 g/mol. The fourth-order valence-electron chi connectivity index (χ4n) is 5.50. The lowest BCUT2D eigenvalue weighted by Gasteiger charge is -2.32. The van der Waals surface area contributed by atoms with Gasteiger partial charge in [-0.05, 0) is 68.2 Å². The Labute approximate surface area is 105 Å². The molecule has 2 heteroatoms. The van der Waals surface area contributed by atoms with Gasteiger partial charge in [0.1, 0.15) is 0 Å². The van der Waals surface area contributed by atoms with E-state index in [1.165, 1.54) is 38.5 Å². The zero-order valence-electron chi connectivity index (χ0n) is 10.8. The number of nitrogens with two attached hydrogens (primary N) is 1. The van der Waals surface area contributed by atoms with E-state index in [2.05, 4.69) is 5.32 Å². The third-order valence-electron chi connectivity index (χ3n) is 6.35. The molecular formula is C15H26N2. The zero-order chi connectivity index (χ0) is 11.4. The molecule has 0 aromatic carbocycles. The van der Waals surface area contributed by atoms with E-state index in [0.29, 0.717) is 0 Å². The second-order valence-corrected chi connectivity index (χ2v) is 7.07. The molecule has 0 radical (unpaired) electrons. The maximum absolute atomic E-state index is 5.93. The largest absolute Gasteiger partial charge is 0.330 e. The molecule has 4 aliphatic rings. The van der Waals surface area contributed by atoms with Crippen molar-refractivity contribution in [3.8, 4) is 0 Å². The van der Waals surface area contributed by atoms with Gasteiger partial charge in [0.25, 0.3) is 0 Å². The third kappa shape index (κ3) is 1.60. The van der Waals surface area contributed by atoms with Crippen molar-refractivity contribution in [2.75, 3.05) is 6.54 Å². The standard InChI is InChI=1S/C15H26N2/c16-8-11-3-1-2-4-12(11)17-15-13-9-5-6-10(7-9)14(13)15/h9-15,17H,1-8,16H2. The van der Waals surface area contributed by atoms with Crippen LogP contribution < -0.4 is 11.1 Å². The Morgan fingerprint density at radius 1 is 0.941 bits per heavy atom. The van der Waals surface area contributed by atoms with Crippen LogP contribution in [0.5, 0.6) is 0 Å². The fourth-order valence-corrected chi connectivity index (χ4v) is 5.50. The monoisotopic (exact) mass is 234 g/mol. The van der Waals surface area contributed by atoms with Crippen LogP contribution in [0, 0.1) is 29.6 Å². The molecule has 2 bridgehead atoms. The number of rotatable bonds is 3. The molecule has 6 atom stereocenters. The first-order chi connectivity index (χ1) is 8.38. The molecule has 96 valence electrons. The van der Waals surface area contributed by atoms with E-state index < -0.39 is 0 Å². The maximum Gasteiger partial charge on any atom is 0.0138 e. The molecule has 0 saturated heterocycles. The molecule has 0 aliphatic heterocycles. The summed E-state index contributed by atoms with van der Waals surface area (Å²) < 4.78 is 0. The first-order valence-corrected chi connectivity index (χ1v) is 7.84. The first kappa shape index (κ1) is 10.8. The summed E-state index contributed by atoms with van der Waals surface area (Å²) in [6.07, 6.45) is 10.2. The van der Waals surface area contributed by atoms with Crippen molar-refractivity contribution in [3.05, 3.63) is 0 Å². The van der Waals surface area contributed by atoms with Crippen molar-refractivity contribution in [3.63, 3.8) is 0 Å². The average molecular weight is 234 g/mol.